The van der Waals surface area contributed by atoms with Crippen LogP contribution in [-0.2, 0) is 20.2 Å². The van der Waals surface area contributed by atoms with E-state index in [0.717, 1.165) is 6.42 Å². The first-order valence-electron chi connectivity index (χ1n) is 6.83. The Hall–Kier alpha value is -0.260. The van der Waals surface area contributed by atoms with Gasteiger partial charge >= 0.3 is 0 Å². The summed E-state index contributed by atoms with van der Waals surface area (Å²) in [6, 6.07) is 0. The fourth-order valence-electron chi connectivity index (χ4n) is 1.58. The van der Waals surface area contributed by atoms with E-state index in [1.165, 1.54) is 0 Å². The molecule has 0 bridgehead atoms. The molecule has 0 aromatic heterocycles. The van der Waals surface area contributed by atoms with E-state index in [9.17, 15) is 16.8 Å². The molecule has 128 valence electrons. The van der Waals surface area contributed by atoms with E-state index in [4.69, 9.17) is 9.11 Å². The van der Waals surface area contributed by atoms with Crippen molar-refractivity contribution in [1.29, 1.82) is 0 Å². The monoisotopic (exact) mass is 346 g/mol. The average Bonchev–Trinajstić information content (AvgIpc) is 2.28. The van der Waals surface area contributed by atoms with Crippen LogP contribution in [-0.4, -0.2) is 75.1 Å². The molecule has 10 heteroatoms. The lowest BCUT2D eigenvalue weighted by Gasteiger charge is -2.22. The highest BCUT2D eigenvalue weighted by Crippen LogP contribution is 2.02. The van der Waals surface area contributed by atoms with Gasteiger partial charge in [0.25, 0.3) is 20.2 Å². The van der Waals surface area contributed by atoms with Crippen molar-refractivity contribution in [3.8, 4) is 0 Å². The van der Waals surface area contributed by atoms with Crippen LogP contribution in [0.1, 0.15) is 20.3 Å². The van der Waals surface area contributed by atoms with Gasteiger partial charge in [-0.2, -0.15) is 16.8 Å². The first-order valence-corrected chi connectivity index (χ1v) is 10.0. The van der Waals surface area contributed by atoms with Gasteiger partial charge in [0.15, 0.2) is 0 Å². The first-order chi connectivity index (χ1) is 9.49. The lowest BCUT2D eigenvalue weighted by molar-refractivity contribution is 0.269. The summed E-state index contributed by atoms with van der Waals surface area (Å²) in [7, 11) is -7.95. The Kier molecular flexibility index (Phi) is 9.58. The van der Waals surface area contributed by atoms with Gasteiger partial charge in [0, 0.05) is 26.2 Å². The molecule has 0 heterocycles. The van der Waals surface area contributed by atoms with Crippen LogP contribution in [0.3, 0.4) is 0 Å². The Morgan fingerprint density at radius 3 is 1.95 bits per heavy atom. The minimum absolute atomic E-state index is 0.134. The molecule has 0 saturated carbocycles. The summed E-state index contributed by atoms with van der Waals surface area (Å²) in [5.74, 6) is -0.203. The molecule has 0 aliphatic rings. The minimum Gasteiger partial charge on any atom is -0.314 e. The van der Waals surface area contributed by atoms with Crippen molar-refractivity contribution in [2.75, 3.05) is 44.2 Å². The van der Waals surface area contributed by atoms with Crippen LogP contribution in [0.4, 0.5) is 0 Å². The molecule has 0 amide bonds. The zero-order valence-corrected chi connectivity index (χ0v) is 14.2. The van der Waals surface area contributed by atoms with Crippen LogP contribution >= 0.6 is 0 Å². The van der Waals surface area contributed by atoms with E-state index in [2.05, 4.69) is 19.2 Å². The number of rotatable bonds is 12. The first kappa shape index (κ1) is 20.7. The molecular formula is C11H26N2O6S2. The fourth-order valence-corrected chi connectivity index (χ4v) is 2.48. The molecular weight excluding hydrogens is 320 g/mol. The smallest absolute Gasteiger partial charge is 0.266 e. The summed E-state index contributed by atoms with van der Waals surface area (Å²) in [4.78, 5) is 1.90. The Balaban J connectivity index is 4.09. The maximum atomic E-state index is 10.8. The predicted molar refractivity (Wildman–Crippen MR) is 81.6 cm³/mol. The maximum Gasteiger partial charge on any atom is 0.266 e. The van der Waals surface area contributed by atoms with Gasteiger partial charge < -0.3 is 10.2 Å². The third-order valence-electron chi connectivity index (χ3n) is 2.83. The highest BCUT2D eigenvalue weighted by Gasteiger charge is 2.11. The molecule has 0 radical (unpaired) electrons. The van der Waals surface area contributed by atoms with Crippen molar-refractivity contribution in [2.45, 2.75) is 20.3 Å². The van der Waals surface area contributed by atoms with E-state index in [0.29, 0.717) is 25.6 Å². The molecule has 0 aromatic carbocycles. The van der Waals surface area contributed by atoms with Crippen LogP contribution in [0.25, 0.3) is 0 Å². The molecule has 0 unspecified atom stereocenters. The Morgan fingerprint density at radius 2 is 1.48 bits per heavy atom. The standard InChI is InChI=1S/C11H26N2O6S2/c1-11(2)3-6-13(8-10-21(17,18)19)7-4-12-5-9-20(14,15)16/h11-12H,3-10H2,1-2H3,(H,14,15,16)(H,17,18,19). The van der Waals surface area contributed by atoms with Gasteiger partial charge in [0.1, 0.15) is 0 Å². The fraction of sp³-hybridized carbons (Fsp3) is 1.00. The van der Waals surface area contributed by atoms with Crippen molar-refractivity contribution < 1.29 is 25.9 Å². The van der Waals surface area contributed by atoms with Gasteiger partial charge in [0.05, 0.1) is 11.5 Å². The van der Waals surface area contributed by atoms with Gasteiger partial charge in [-0.1, -0.05) is 13.8 Å². The Labute approximate surface area is 127 Å². The molecule has 0 spiro atoms. The normalized spacial score (nSPS) is 13.2. The van der Waals surface area contributed by atoms with Crippen molar-refractivity contribution in [2.24, 2.45) is 5.92 Å². The van der Waals surface area contributed by atoms with Crippen molar-refractivity contribution in [3.63, 3.8) is 0 Å². The zero-order valence-electron chi connectivity index (χ0n) is 12.5. The highest BCUT2D eigenvalue weighted by molar-refractivity contribution is 7.86. The topological polar surface area (TPSA) is 124 Å². The van der Waals surface area contributed by atoms with Gasteiger partial charge in [0.2, 0.25) is 0 Å². The largest absolute Gasteiger partial charge is 0.314 e. The van der Waals surface area contributed by atoms with E-state index in [1.54, 1.807) is 0 Å². The highest BCUT2D eigenvalue weighted by atomic mass is 32.2. The van der Waals surface area contributed by atoms with E-state index in [1.807, 2.05) is 4.90 Å². The zero-order chi connectivity index (χ0) is 16.5. The van der Waals surface area contributed by atoms with Crippen molar-refractivity contribution >= 4 is 20.2 Å². The van der Waals surface area contributed by atoms with Gasteiger partial charge in [-0.3, -0.25) is 9.11 Å². The summed E-state index contributed by atoms with van der Waals surface area (Å²) in [6.45, 7) is 6.19. The summed E-state index contributed by atoms with van der Waals surface area (Å²) < 4.78 is 60.0. The lowest BCUT2D eigenvalue weighted by atomic mass is 10.1. The second kappa shape index (κ2) is 9.70. The third-order valence-corrected chi connectivity index (χ3v) is 4.25. The molecule has 0 saturated heterocycles. The number of nitrogens with zero attached hydrogens (tertiary/aromatic N) is 1. The predicted octanol–water partition coefficient (Wildman–Crippen LogP) is -0.300. The molecule has 0 rings (SSSR count). The molecule has 0 fully saturated rings. The second-order valence-corrected chi connectivity index (χ2v) is 8.49. The molecule has 3 N–H and O–H groups in total. The Morgan fingerprint density at radius 1 is 0.905 bits per heavy atom. The molecule has 21 heavy (non-hydrogen) atoms. The van der Waals surface area contributed by atoms with Crippen molar-refractivity contribution in [3.05, 3.63) is 0 Å². The SMILES string of the molecule is CC(C)CCN(CCNCCS(=O)(=O)O)CCS(=O)(=O)O. The summed E-state index contributed by atoms with van der Waals surface area (Å²) >= 11 is 0. The van der Waals surface area contributed by atoms with Gasteiger partial charge in [-0.15, -0.1) is 0 Å². The van der Waals surface area contributed by atoms with Crippen LogP contribution in [0.5, 0.6) is 0 Å². The van der Waals surface area contributed by atoms with Gasteiger partial charge in [-0.05, 0) is 18.9 Å². The summed E-state index contributed by atoms with van der Waals surface area (Å²) in [6.07, 6.45) is 0.899. The van der Waals surface area contributed by atoms with E-state index < -0.39 is 20.2 Å². The number of hydrogen-bond donors (Lipinski definition) is 3. The Bertz CT molecular complexity index is 475. The van der Waals surface area contributed by atoms with Crippen LogP contribution in [0.15, 0.2) is 0 Å². The number of hydrogen-bond acceptors (Lipinski definition) is 6. The van der Waals surface area contributed by atoms with Crippen LogP contribution in [0.2, 0.25) is 0 Å². The van der Waals surface area contributed by atoms with Crippen molar-refractivity contribution in [1.82, 2.24) is 10.2 Å². The second-order valence-electron chi connectivity index (χ2n) is 5.35. The molecule has 8 nitrogen and oxygen atoms in total. The lowest BCUT2D eigenvalue weighted by Crippen LogP contribution is -2.37. The van der Waals surface area contributed by atoms with Crippen LogP contribution in [0, 0.1) is 5.92 Å². The quantitative estimate of drug-likeness (QED) is 0.325. The summed E-state index contributed by atoms with van der Waals surface area (Å²) in [5.41, 5.74) is 0. The van der Waals surface area contributed by atoms with E-state index in [-0.39, 0.29) is 24.6 Å². The number of nitrogens with one attached hydrogen (secondary N) is 1. The molecule has 0 atom stereocenters. The molecule has 0 aromatic rings. The van der Waals surface area contributed by atoms with Crippen LogP contribution < -0.4 is 5.32 Å². The minimum atomic E-state index is -3.99. The average molecular weight is 346 g/mol. The summed E-state index contributed by atoms with van der Waals surface area (Å²) in [5, 5.41) is 2.86. The van der Waals surface area contributed by atoms with Gasteiger partial charge in [-0.25, -0.2) is 0 Å². The maximum absolute atomic E-state index is 10.8. The molecule has 0 aliphatic heterocycles. The molecule has 0 aliphatic carbocycles. The van der Waals surface area contributed by atoms with E-state index >= 15 is 0 Å². The third kappa shape index (κ3) is 15.9.